The number of nitrogens with one attached hydrogen (secondary N) is 1. The largest absolute Gasteiger partial charge is 0.339 e. The van der Waals surface area contributed by atoms with Gasteiger partial charge in [-0.25, -0.2) is 0 Å². The quantitative estimate of drug-likeness (QED) is 0.797. The Kier molecular flexibility index (Phi) is 5.70. The molecule has 17 heavy (non-hydrogen) atoms. The van der Waals surface area contributed by atoms with Crippen molar-refractivity contribution in [1.29, 1.82) is 0 Å². The second-order valence-electron chi connectivity index (χ2n) is 5.30. The first-order valence-electron chi connectivity index (χ1n) is 6.34. The highest BCUT2D eigenvalue weighted by Gasteiger charge is 2.33. The maximum Gasteiger partial charge on any atom is 0.236 e. The smallest absolute Gasteiger partial charge is 0.236 e. The molecule has 1 saturated heterocycles. The van der Waals surface area contributed by atoms with E-state index in [0.29, 0.717) is 6.54 Å². The van der Waals surface area contributed by atoms with Crippen LogP contribution in [-0.2, 0) is 4.79 Å². The lowest BCUT2D eigenvalue weighted by Gasteiger charge is -2.29. The minimum Gasteiger partial charge on any atom is -0.339 e. The normalized spacial score (nSPS) is 27.8. The van der Waals surface area contributed by atoms with Crippen LogP contribution in [0.3, 0.4) is 0 Å². The van der Waals surface area contributed by atoms with Gasteiger partial charge in [0.15, 0.2) is 0 Å². The highest BCUT2D eigenvalue weighted by atomic mass is 35.5. The van der Waals surface area contributed by atoms with Gasteiger partial charge in [-0.2, -0.15) is 0 Å². The summed E-state index contributed by atoms with van der Waals surface area (Å²) in [5.74, 6) is 2.00. The van der Waals surface area contributed by atoms with Crippen molar-refractivity contribution in [1.82, 2.24) is 15.1 Å². The summed E-state index contributed by atoms with van der Waals surface area (Å²) in [7, 11) is 2.06. The number of carbonyl (C=O) groups excluding carboxylic acids is 1. The fourth-order valence-corrected chi connectivity index (χ4v) is 2.36. The second-order valence-corrected chi connectivity index (χ2v) is 5.30. The van der Waals surface area contributed by atoms with Crippen LogP contribution >= 0.6 is 12.4 Å². The molecule has 1 heterocycles. The van der Waals surface area contributed by atoms with Crippen molar-refractivity contribution in [2.45, 2.75) is 13.3 Å². The number of amides is 1. The summed E-state index contributed by atoms with van der Waals surface area (Å²) in [4.78, 5) is 16.1. The van der Waals surface area contributed by atoms with Gasteiger partial charge in [-0.15, -0.1) is 12.4 Å². The van der Waals surface area contributed by atoms with Gasteiger partial charge in [-0.3, -0.25) is 9.69 Å². The topological polar surface area (TPSA) is 35.6 Å². The Morgan fingerprint density at radius 1 is 1.41 bits per heavy atom. The van der Waals surface area contributed by atoms with Crippen LogP contribution in [0, 0.1) is 11.8 Å². The number of piperazine rings is 1. The maximum absolute atomic E-state index is 11.9. The second kappa shape index (κ2) is 6.57. The maximum atomic E-state index is 11.9. The van der Waals surface area contributed by atoms with Crippen molar-refractivity contribution in [3.05, 3.63) is 0 Å². The van der Waals surface area contributed by atoms with Gasteiger partial charge in [0.1, 0.15) is 0 Å². The van der Waals surface area contributed by atoms with Crippen LogP contribution < -0.4 is 5.32 Å². The molecule has 0 spiro atoms. The molecule has 2 atom stereocenters. The molecule has 2 fully saturated rings. The molecule has 2 unspecified atom stereocenters. The molecule has 0 radical (unpaired) electrons. The van der Waals surface area contributed by atoms with Crippen LogP contribution in [0.5, 0.6) is 0 Å². The van der Waals surface area contributed by atoms with E-state index in [1.54, 1.807) is 0 Å². The molecular formula is C12H24ClN3O. The van der Waals surface area contributed by atoms with E-state index < -0.39 is 0 Å². The van der Waals surface area contributed by atoms with Gasteiger partial charge in [0.2, 0.25) is 5.91 Å². The third-order valence-electron chi connectivity index (χ3n) is 3.70. The zero-order valence-corrected chi connectivity index (χ0v) is 11.6. The van der Waals surface area contributed by atoms with E-state index in [0.717, 1.165) is 44.6 Å². The van der Waals surface area contributed by atoms with Crippen LogP contribution in [0.25, 0.3) is 0 Å². The number of halogens is 1. The molecule has 0 aromatic heterocycles. The average Bonchev–Trinajstić information content (AvgIpc) is 2.95. The molecule has 1 aliphatic carbocycles. The number of rotatable bonds is 4. The highest BCUT2D eigenvalue weighted by Crippen LogP contribution is 2.37. The van der Waals surface area contributed by atoms with Crippen molar-refractivity contribution < 1.29 is 4.79 Å². The van der Waals surface area contributed by atoms with Gasteiger partial charge in [-0.05, 0) is 25.3 Å². The molecule has 0 aromatic carbocycles. The molecule has 2 rings (SSSR count). The van der Waals surface area contributed by atoms with E-state index in [-0.39, 0.29) is 18.3 Å². The number of hydrogen-bond donors (Lipinski definition) is 1. The third-order valence-corrected chi connectivity index (χ3v) is 3.70. The molecule has 4 nitrogen and oxygen atoms in total. The fraction of sp³-hybridized carbons (Fsp3) is 0.917. The Balaban J connectivity index is 0.00000144. The summed E-state index contributed by atoms with van der Waals surface area (Å²) in [5, 5.41) is 3.26. The Bertz CT molecular complexity index is 256. The number of carbonyl (C=O) groups is 1. The Hall–Kier alpha value is -0.320. The molecule has 0 bridgehead atoms. The predicted molar refractivity (Wildman–Crippen MR) is 71.5 cm³/mol. The van der Waals surface area contributed by atoms with Gasteiger partial charge in [0.05, 0.1) is 6.54 Å². The molecule has 1 aliphatic heterocycles. The molecule has 1 saturated carbocycles. The van der Waals surface area contributed by atoms with Crippen LogP contribution in [0.1, 0.15) is 13.3 Å². The van der Waals surface area contributed by atoms with Crippen LogP contribution in [0.4, 0.5) is 0 Å². The molecule has 2 aliphatic rings. The summed E-state index contributed by atoms with van der Waals surface area (Å²) in [6, 6.07) is 0. The summed E-state index contributed by atoms with van der Waals surface area (Å²) in [5.41, 5.74) is 0. The van der Waals surface area contributed by atoms with Crippen LogP contribution in [-0.4, -0.2) is 62.0 Å². The first-order chi connectivity index (χ1) is 7.66. The zero-order valence-electron chi connectivity index (χ0n) is 10.8. The lowest BCUT2D eigenvalue weighted by Crippen LogP contribution is -2.49. The first-order valence-corrected chi connectivity index (χ1v) is 6.34. The van der Waals surface area contributed by atoms with Crippen molar-refractivity contribution in [3.8, 4) is 0 Å². The fourth-order valence-electron chi connectivity index (χ4n) is 2.36. The van der Waals surface area contributed by atoms with E-state index in [2.05, 4.69) is 24.2 Å². The lowest BCUT2D eigenvalue weighted by atomic mass is 10.3. The number of likely N-dealkylation sites (N-methyl/N-ethyl adjacent to an activating group) is 1. The van der Waals surface area contributed by atoms with Gasteiger partial charge in [0, 0.05) is 32.7 Å². The number of hydrogen-bond acceptors (Lipinski definition) is 3. The standard InChI is InChI=1S/C12H23N3O.ClH/c1-10-7-11(10)8-14(2)9-12(16)15-5-3-13-4-6-15;/h10-11,13H,3-9H2,1-2H3;1H. The Morgan fingerprint density at radius 3 is 2.53 bits per heavy atom. The molecular weight excluding hydrogens is 238 g/mol. The van der Waals surface area contributed by atoms with Crippen LogP contribution in [0.15, 0.2) is 0 Å². The summed E-state index contributed by atoms with van der Waals surface area (Å²) >= 11 is 0. The minimum atomic E-state index is 0. The highest BCUT2D eigenvalue weighted by molar-refractivity contribution is 5.85. The average molecular weight is 262 g/mol. The Labute approximate surface area is 110 Å². The van der Waals surface area contributed by atoms with Gasteiger partial charge in [0.25, 0.3) is 0 Å². The predicted octanol–water partition coefficient (Wildman–Crippen LogP) is 0.428. The molecule has 1 amide bonds. The monoisotopic (exact) mass is 261 g/mol. The lowest BCUT2D eigenvalue weighted by molar-refractivity contribution is -0.132. The molecule has 1 N–H and O–H groups in total. The zero-order chi connectivity index (χ0) is 11.5. The molecule has 0 aromatic rings. The van der Waals surface area contributed by atoms with Crippen molar-refractivity contribution in [3.63, 3.8) is 0 Å². The summed E-state index contributed by atoms with van der Waals surface area (Å²) in [6.45, 7) is 7.57. The minimum absolute atomic E-state index is 0. The summed E-state index contributed by atoms with van der Waals surface area (Å²) in [6.07, 6.45) is 1.34. The SMILES string of the molecule is CC1CC1CN(C)CC(=O)N1CCNCC1.Cl. The van der Waals surface area contributed by atoms with E-state index in [1.807, 2.05) is 4.90 Å². The van der Waals surface area contributed by atoms with E-state index in [9.17, 15) is 4.79 Å². The Morgan fingerprint density at radius 2 is 2.00 bits per heavy atom. The van der Waals surface area contributed by atoms with E-state index in [1.165, 1.54) is 6.42 Å². The van der Waals surface area contributed by atoms with Crippen molar-refractivity contribution in [2.24, 2.45) is 11.8 Å². The van der Waals surface area contributed by atoms with Crippen molar-refractivity contribution in [2.75, 3.05) is 46.3 Å². The van der Waals surface area contributed by atoms with Crippen molar-refractivity contribution >= 4 is 18.3 Å². The van der Waals surface area contributed by atoms with Gasteiger partial charge < -0.3 is 10.2 Å². The summed E-state index contributed by atoms with van der Waals surface area (Å²) < 4.78 is 0. The third kappa shape index (κ3) is 4.45. The first kappa shape index (κ1) is 14.7. The number of nitrogens with zero attached hydrogens (tertiary/aromatic N) is 2. The van der Waals surface area contributed by atoms with Gasteiger partial charge >= 0.3 is 0 Å². The molecule has 100 valence electrons. The van der Waals surface area contributed by atoms with E-state index >= 15 is 0 Å². The van der Waals surface area contributed by atoms with Gasteiger partial charge in [-0.1, -0.05) is 6.92 Å². The van der Waals surface area contributed by atoms with Crippen LogP contribution in [0.2, 0.25) is 0 Å². The van der Waals surface area contributed by atoms with E-state index in [4.69, 9.17) is 0 Å². The molecule has 5 heteroatoms.